The zero-order valence-corrected chi connectivity index (χ0v) is 12.3. The minimum Gasteiger partial charge on any atom is -0.384 e. The number of halogens is 1. The van der Waals surface area contributed by atoms with Crippen molar-refractivity contribution < 1.29 is 4.74 Å². The van der Waals surface area contributed by atoms with Gasteiger partial charge in [0.1, 0.15) is 5.82 Å². The van der Waals surface area contributed by atoms with Gasteiger partial charge in [-0.15, -0.1) is 0 Å². The molecule has 0 aliphatic rings. The lowest BCUT2D eigenvalue weighted by Gasteiger charge is -1.98. The van der Waals surface area contributed by atoms with Gasteiger partial charge in [-0.1, -0.05) is 35.5 Å². The molecule has 0 saturated carbocycles. The summed E-state index contributed by atoms with van der Waals surface area (Å²) in [7, 11) is 1.68. The van der Waals surface area contributed by atoms with Gasteiger partial charge >= 0.3 is 0 Å². The van der Waals surface area contributed by atoms with E-state index >= 15 is 0 Å². The molecule has 0 unspecified atom stereocenters. The van der Waals surface area contributed by atoms with Crippen LogP contribution in [0, 0.1) is 0 Å². The summed E-state index contributed by atoms with van der Waals surface area (Å²) < 4.78 is 10.3. The molecule has 96 valence electrons. The Hall–Kier alpha value is -0.620. The summed E-state index contributed by atoms with van der Waals surface area (Å²) in [5.74, 6) is 1.72. The molecule has 0 N–H and O–H groups in total. The van der Waals surface area contributed by atoms with E-state index in [0.29, 0.717) is 6.61 Å². The molecule has 2 rings (SSSR count). The predicted octanol–water partition coefficient (Wildman–Crippen LogP) is 3.67. The van der Waals surface area contributed by atoms with Crippen molar-refractivity contribution in [3.8, 4) is 0 Å². The second-order valence-electron chi connectivity index (χ2n) is 3.64. The van der Waals surface area contributed by atoms with Crippen LogP contribution in [-0.2, 0) is 16.9 Å². The van der Waals surface area contributed by atoms with Crippen LogP contribution in [0.5, 0.6) is 0 Å². The molecule has 0 amide bonds. The molecule has 3 nitrogen and oxygen atoms in total. The predicted molar refractivity (Wildman–Crippen MR) is 76.5 cm³/mol. The highest BCUT2D eigenvalue weighted by Crippen LogP contribution is 2.25. The van der Waals surface area contributed by atoms with Crippen LogP contribution in [0.1, 0.15) is 11.4 Å². The molecule has 0 radical (unpaired) electrons. The summed E-state index contributed by atoms with van der Waals surface area (Å²) in [6, 6.07) is 7.87. The maximum atomic E-state index is 5.94. The Balaban J connectivity index is 1.88. The van der Waals surface area contributed by atoms with Crippen molar-refractivity contribution in [3.63, 3.8) is 0 Å². The molecule has 0 atom stereocenters. The van der Waals surface area contributed by atoms with Gasteiger partial charge in [-0.25, -0.2) is 4.98 Å². The van der Waals surface area contributed by atoms with E-state index in [9.17, 15) is 0 Å². The van der Waals surface area contributed by atoms with Gasteiger partial charge in [-0.2, -0.15) is 4.37 Å². The van der Waals surface area contributed by atoms with Crippen molar-refractivity contribution in [2.45, 2.75) is 16.5 Å². The van der Waals surface area contributed by atoms with Crippen LogP contribution in [0.15, 0.2) is 28.6 Å². The molecule has 2 aromatic rings. The number of hydrogen-bond donors (Lipinski definition) is 0. The van der Waals surface area contributed by atoms with Crippen LogP contribution in [-0.4, -0.2) is 23.1 Å². The van der Waals surface area contributed by atoms with E-state index in [1.54, 1.807) is 18.9 Å². The number of nitrogens with zero attached hydrogens (tertiary/aromatic N) is 2. The van der Waals surface area contributed by atoms with E-state index in [-0.39, 0.29) is 0 Å². The maximum absolute atomic E-state index is 5.94. The minimum absolute atomic E-state index is 0.662. The third kappa shape index (κ3) is 4.24. The number of benzene rings is 1. The topological polar surface area (TPSA) is 35.0 Å². The molecule has 1 aromatic heterocycles. The Morgan fingerprint density at radius 1 is 1.44 bits per heavy atom. The molecule has 6 heteroatoms. The third-order valence-corrected chi connectivity index (χ3v) is 4.41. The van der Waals surface area contributed by atoms with Gasteiger partial charge in [0.2, 0.25) is 0 Å². The van der Waals surface area contributed by atoms with Gasteiger partial charge in [0.15, 0.2) is 4.34 Å². The van der Waals surface area contributed by atoms with Gasteiger partial charge in [-0.3, -0.25) is 0 Å². The SMILES string of the molecule is COCCc1nsc(SCc2cccc(Cl)c2)n1. The average Bonchev–Trinajstić information content (AvgIpc) is 2.82. The van der Waals surface area contributed by atoms with E-state index in [1.807, 2.05) is 18.2 Å². The highest BCUT2D eigenvalue weighted by Gasteiger charge is 2.05. The molecule has 0 aliphatic carbocycles. The molecule has 0 fully saturated rings. The highest BCUT2D eigenvalue weighted by atomic mass is 35.5. The van der Waals surface area contributed by atoms with Crippen LogP contribution in [0.2, 0.25) is 5.02 Å². The summed E-state index contributed by atoms with van der Waals surface area (Å²) in [6.45, 7) is 0.662. The third-order valence-electron chi connectivity index (χ3n) is 2.23. The molecular formula is C12H13ClN2OS2. The summed E-state index contributed by atoms with van der Waals surface area (Å²) in [5, 5.41) is 0.770. The van der Waals surface area contributed by atoms with Crippen molar-refractivity contribution in [2.24, 2.45) is 0 Å². The molecule has 0 aliphatic heterocycles. The zero-order valence-electron chi connectivity index (χ0n) is 9.93. The number of hydrogen-bond acceptors (Lipinski definition) is 5. The first-order valence-electron chi connectivity index (χ1n) is 5.46. The lowest BCUT2D eigenvalue weighted by Crippen LogP contribution is -1.95. The first-order chi connectivity index (χ1) is 8.78. The molecule has 0 saturated heterocycles. The zero-order chi connectivity index (χ0) is 12.8. The van der Waals surface area contributed by atoms with Crippen molar-refractivity contribution >= 4 is 34.9 Å². The quantitative estimate of drug-likeness (QED) is 0.762. The van der Waals surface area contributed by atoms with Crippen LogP contribution in [0.4, 0.5) is 0 Å². The number of thioether (sulfide) groups is 1. The number of ether oxygens (including phenoxy) is 1. The monoisotopic (exact) mass is 300 g/mol. The van der Waals surface area contributed by atoms with Crippen LogP contribution >= 0.6 is 34.9 Å². The Labute approximate surface area is 120 Å². The summed E-state index contributed by atoms with van der Waals surface area (Å²) >= 11 is 9.06. The largest absolute Gasteiger partial charge is 0.384 e. The summed E-state index contributed by atoms with van der Waals surface area (Å²) in [5.41, 5.74) is 1.20. The van der Waals surface area contributed by atoms with E-state index in [4.69, 9.17) is 16.3 Å². The summed E-state index contributed by atoms with van der Waals surface area (Å²) in [4.78, 5) is 4.44. The van der Waals surface area contributed by atoms with Gasteiger partial charge in [-0.05, 0) is 29.2 Å². The molecule has 1 heterocycles. The number of aromatic nitrogens is 2. The van der Waals surface area contributed by atoms with Crippen molar-refractivity contribution in [2.75, 3.05) is 13.7 Å². The van der Waals surface area contributed by atoms with Crippen LogP contribution in [0.25, 0.3) is 0 Å². The number of methoxy groups -OCH3 is 1. The first-order valence-corrected chi connectivity index (χ1v) is 7.60. The molecule has 1 aromatic carbocycles. The Morgan fingerprint density at radius 3 is 3.11 bits per heavy atom. The second-order valence-corrected chi connectivity index (χ2v) is 6.05. The van der Waals surface area contributed by atoms with Gasteiger partial charge in [0.05, 0.1) is 6.61 Å². The smallest absolute Gasteiger partial charge is 0.170 e. The molecular weight excluding hydrogens is 288 g/mol. The maximum Gasteiger partial charge on any atom is 0.170 e. The van der Waals surface area contributed by atoms with E-state index in [0.717, 1.165) is 27.4 Å². The molecule has 18 heavy (non-hydrogen) atoms. The number of rotatable bonds is 6. The van der Waals surface area contributed by atoms with Crippen LogP contribution < -0.4 is 0 Å². The minimum atomic E-state index is 0.662. The van der Waals surface area contributed by atoms with Gasteiger partial charge < -0.3 is 4.74 Å². The Kier molecular flexibility index (Phi) is 5.44. The van der Waals surface area contributed by atoms with Crippen molar-refractivity contribution in [1.82, 2.24) is 9.36 Å². The standard InChI is InChI=1S/C12H13ClN2OS2/c1-16-6-5-11-14-12(18-15-11)17-8-9-3-2-4-10(13)7-9/h2-4,7H,5-6,8H2,1H3. The Bertz CT molecular complexity index is 504. The molecule has 0 spiro atoms. The second kappa shape index (κ2) is 7.09. The van der Waals surface area contributed by atoms with Crippen molar-refractivity contribution in [1.29, 1.82) is 0 Å². The van der Waals surface area contributed by atoms with E-state index in [2.05, 4.69) is 15.4 Å². The lowest BCUT2D eigenvalue weighted by atomic mass is 10.2. The Morgan fingerprint density at radius 2 is 2.33 bits per heavy atom. The van der Waals surface area contributed by atoms with Gasteiger partial charge in [0.25, 0.3) is 0 Å². The fourth-order valence-corrected chi connectivity index (χ4v) is 3.18. The highest BCUT2D eigenvalue weighted by molar-refractivity contribution is 8.00. The lowest BCUT2D eigenvalue weighted by molar-refractivity contribution is 0.200. The van der Waals surface area contributed by atoms with E-state index in [1.165, 1.54) is 17.1 Å². The first kappa shape index (κ1) is 13.8. The fourth-order valence-electron chi connectivity index (χ4n) is 1.36. The van der Waals surface area contributed by atoms with Crippen LogP contribution in [0.3, 0.4) is 0 Å². The van der Waals surface area contributed by atoms with E-state index < -0.39 is 0 Å². The fraction of sp³-hybridized carbons (Fsp3) is 0.333. The molecule has 0 bridgehead atoms. The normalized spacial score (nSPS) is 10.8. The summed E-state index contributed by atoms with van der Waals surface area (Å²) in [6.07, 6.45) is 0.769. The average molecular weight is 301 g/mol. The van der Waals surface area contributed by atoms with Gasteiger partial charge in [0, 0.05) is 24.3 Å². The van der Waals surface area contributed by atoms with Crippen molar-refractivity contribution in [3.05, 3.63) is 40.7 Å².